The van der Waals surface area contributed by atoms with Crippen molar-refractivity contribution in [3.05, 3.63) is 35.9 Å². The van der Waals surface area contributed by atoms with Crippen molar-refractivity contribution in [2.75, 3.05) is 37.6 Å². The zero-order valence-electron chi connectivity index (χ0n) is 16.2. The summed E-state index contributed by atoms with van der Waals surface area (Å²) in [6.45, 7) is 4.69. The molecule has 1 saturated heterocycles. The second kappa shape index (κ2) is 9.84. The summed E-state index contributed by atoms with van der Waals surface area (Å²) in [6, 6.07) is 4.15. The topological polar surface area (TPSA) is 114 Å². The van der Waals surface area contributed by atoms with E-state index in [9.17, 15) is 19.2 Å². The summed E-state index contributed by atoms with van der Waals surface area (Å²) in [4.78, 5) is 50.2. The third-order valence-corrected chi connectivity index (χ3v) is 4.88. The Balaban J connectivity index is 1.67. The van der Waals surface area contributed by atoms with Crippen LogP contribution in [-0.4, -0.2) is 66.9 Å². The van der Waals surface area contributed by atoms with Gasteiger partial charge in [0, 0.05) is 23.6 Å². The van der Waals surface area contributed by atoms with Crippen LogP contribution in [0.3, 0.4) is 0 Å². The molecule has 0 radical (unpaired) electrons. The average Bonchev–Trinajstić information content (AvgIpc) is 2.96. The molecule has 0 saturated carbocycles. The number of amides is 4. The van der Waals surface area contributed by atoms with Crippen LogP contribution in [0.2, 0.25) is 0 Å². The van der Waals surface area contributed by atoms with Crippen LogP contribution < -0.4 is 10.6 Å². The Kier molecular flexibility index (Phi) is 7.20. The highest BCUT2D eigenvalue weighted by molar-refractivity contribution is 6.18. The molecule has 4 amide bonds. The van der Waals surface area contributed by atoms with Crippen molar-refractivity contribution in [1.29, 1.82) is 0 Å². The number of fused-ring (bicyclic) bond motifs is 1. The van der Waals surface area contributed by atoms with Crippen molar-refractivity contribution in [3.63, 3.8) is 0 Å². The first kappa shape index (κ1) is 21.9. The number of hydrogen-bond acceptors (Lipinski definition) is 6. The van der Waals surface area contributed by atoms with Gasteiger partial charge in [-0.2, -0.15) is 0 Å². The maximum absolute atomic E-state index is 13.1. The fourth-order valence-electron chi connectivity index (χ4n) is 3.38. The predicted molar refractivity (Wildman–Crippen MR) is 109 cm³/mol. The monoisotopic (exact) mass is 435 g/mol. The summed E-state index contributed by atoms with van der Waals surface area (Å²) in [7, 11) is 0. The number of carbonyl (C=O) groups is 4. The normalized spacial score (nSPS) is 18.4. The Bertz CT molecular complexity index is 887. The van der Waals surface area contributed by atoms with Crippen LogP contribution in [0, 0.1) is 0 Å². The number of anilines is 1. The average molecular weight is 436 g/mol. The number of hydrogen-bond donors (Lipinski definition) is 2. The predicted octanol–water partition coefficient (Wildman–Crippen LogP) is 1.13. The summed E-state index contributed by atoms with van der Waals surface area (Å²) in [6.07, 6.45) is 0.351. The van der Waals surface area contributed by atoms with Crippen molar-refractivity contribution >= 4 is 46.6 Å². The van der Waals surface area contributed by atoms with E-state index in [0.717, 1.165) is 0 Å². The van der Waals surface area contributed by atoms with E-state index in [1.165, 1.54) is 4.90 Å². The van der Waals surface area contributed by atoms with Gasteiger partial charge in [-0.1, -0.05) is 18.7 Å². The minimum Gasteiger partial charge on any atom is -0.378 e. The molecule has 9 nitrogen and oxygen atoms in total. The van der Waals surface area contributed by atoms with Crippen molar-refractivity contribution in [3.8, 4) is 0 Å². The molecule has 1 aromatic rings. The number of ether oxygens (including phenoxy) is 2. The van der Waals surface area contributed by atoms with Gasteiger partial charge in [-0.05, 0) is 12.5 Å². The lowest BCUT2D eigenvalue weighted by Gasteiger charge is -2.30. The van der Waals surface area contributed by atoms with Crippen LogP contribution in [0.5, 0.6) is 0 Å². The number of nitrogens with zero attached hydrogens (tertiary/aromatic N) is 1. The molecule has 0 aliphatic carbocycles. The number of imide groups is 1. The van der Waals surface area contributed by atoms with Crippen molar-refractivity contribution in [2.45, 2.75) is 18.9 Å². The van der Waals surface area contributed by atoms with Gasteiger partial charge in [0.2, 0.25) is 17.7 Å². The van der Waals surface area contributed by atoms with E-state index in [1.807, 2.05) is 0 Å². The summed E-state index contributed by atoms with van der Waals surface area (Å²) < 4.78 is 10.4. The van der Waals surface area contributed by atoms with E-state index >= 15 is 0 Å². The van der Waals surface area contributed by atoms with Crippen LogP contribution in [0.15, 0.2) is 24.8 Å². The molecule has 2 N–H and O–H groups in total. The lowest BCUT2D eigenvalue weighted by molar-refractivity contribution is -0.136. The van der Waals surface area contributed by atoms with Gasteiger partial charge in [0.15, 0.2) is 0 Å². The van der Waals surface area contributed by atoms with Gasteiger partial charge in [-0.3, -0.25) is 29.4 Å². The Hall–Kier alpha value is -2.75. The third-order valence-electron chi connectivity index (χ3n) is 4.72. The molecule has 2 aliphatic heterocycles. The fourth-order valence-corrected chi connectivity index (χ4v) is 3.49. The second-order valence-corrected chi connectivity index (χ2v) is 7.10. The number of benzene rings is 1. The number of nitrogens with one attached hydrogen (secondary N) is 2. The van der Waals surface area contributed by atoms with Gasteiger partial charge in [0.25, 0.3) is 5.91 Å². The number of rotatable bonds is 9. The summed E-state index contributed by atoms with van der Waals surface area (Å²) in [5.41, 5.74) is 1.44. The van der Waals surface area contributed by atoms with Crippen LogP contribution in [0.4, 0.5) is 5.69 Å². The van der Waals surface area contributed by atoms with Crippen LogP contribution in [0.25, 0.3) is 5.70 Å². The molecule has 1 aromatic carbocycles. The van der Waals surface area contributed by atoms with Gasteiger partial charge >= 0.3 is 0 Å². The van der Waals surface area contributed by atoms with Gasteiger partial charge in [0.1, 0.15) is 12.6 Å². The zero-order chi connectivity index (χ0) is 21.7. The zero-order valence-corrected chi connectivity index (χ0v) is 17.0. The number of alkyl halides is 1. The van der Waals surface area contributed by atoms with Crippen molar-refractivity contribution < 1.29 is 28.7 Å². The molecule has 3 rings (SSSR count). The smallest absolute Gasteiger partial charge is 0.261 e. The van der Waals surface area contributed by atoms with E-state index in [1.54, 1.807) is 18.2 Å². The number of halogens is 1. The second-order valence-electron chi connectivity index (χ2n) is 6.72. The third kappa shape index (κ3) is 4.69. The molecule has 1 unspecified atom stereocenters. The SMILES string of the molecule is C=C1c2cccc(NC(=O)COCCOCCCl)c2C(=O)N1C1CCC(=O)NC1=O. The number of piperidine rings is 1. The van der Waals surface area contributed by atoms with Crippen LogP contribution in [0.1, 0.15) is 28.8 Å². The quantitative estimate of drug-likeness (QED) is 0.341. The largest absolute Gasteiger partial charge is 0.378 e. The Morgan fingerprint density at radius 1 is 1.23 bits per heavy atom. The van der Waals surface area contributed by atoms with Crippen LogP contribution in [-0.2, 0) is 23.9 Å². The molecule has 2 heterocycles. The van der Waals surface area contributed by atoms with E-state index in [0.29, 0.717) is 36.0 Å². The molecule has 1 atom stereocenters. The molecular weight excluding hydrogens is 414 g/mol. The van der Waals surface area contributed by atoms with Crippen LogP contribution >= 0.6 is 11.6 Å². The molecular formula is C20H22ClN3O6. The summed E-state index contributed by atoms with van der Waals surface area (Å²) in [5.74, 6) is -1.40. The van der Waals surface area contributed by atoms with E-state index in [-0.39, 0.29) is 37.5 Å². The molecule has 10 heteroatoms. The van der Waals surface area contributed by atoms with Crippen molar-refractivity contribution in [1.82, 2.24) is 10.2 Å². The molecule has 160 valence electrons. The molecule has 0 bridgehead atoms. The molecule has 2 aliphatic rings. The van der Waals surface area contributed by atoms with Gasteiger partial charge in [-0.15, -0.1) is 11.6 Å². The van der Waals surface area contributed by atoms with E-state index in [4.69, 9.17) is 21.1 Å². The number of carbonyl (C=O) groups excluding carboxylic acids is 4. The highest BCUT2D eigenvalue weighted by atomic mass is 35.5. The Labute approximate surface area is 178 Å². The maximum atomic E-state index is 13.1. The highest BCUT2D eigenvalue weighted by Crippen LogP contribution is 2.38. The standard InChI is InChI=1S/C20H22ClN3O6/c1-12-13-3-2-4-14(22-17(26)11-30-10-9-29-8-7-21)18(13)20(28)24(12)15-5-6-16(25)23-19(15)27/h2-4,15H,1,5-11H2,(H,22,26)(H,23,25,27). The Morgan fingerprint density at radius 2 is 2.00 bits per heavy atom. The van der Waals surface area contributed by atoms with Gasteiger partial charge in [-0.25, -0.2) is 0 Å². The fraction of sp³-hybridized carbons (Fsp3) is 0.400. The van der Waals surface area contributed by atoms with E-state index < -0.39 is 23.8 Å². The first-order chi connectivity index (χ1) is 14.4. The van der Waals surface area contributed by atoms with Gasteiger partial charge in [0.05, 0.1) is 31.1 Å². The van der Waals surface area contributed by atoms with Gasteiger partial charge < -0.3 is 14.8 Å². The molecule has 1 fully saturated rings. The lowest BCUT2D eigenvalue weighted by Crippen LogP contribution is -2.52. The molecule has 0 aromatic heterocycles. The first-order valence-corrected chi connectivity index (χ1v) is 9.98. The molecule has 30 heavy (non-hydrogen) atoms. The maximum Gasteiger partial charge on any atom is 0.261 e. The van der Waals surface area contributed by atoms with E-state index in [2.05, 4.69) is 17.2 Å². The minimum absolute atomic E-state index is 0.138. The first-order valence-electron chi connectivity index (χ1n) is 9.45. The minimum atomic E-state index is -0.824. The Morgan fingerprint density at radius 3 is 2.73 bits per heavy atom. The molecule has 0 spiro atoms. The lowest BCUT2D eigenvalue weighted by atomic mass is 10.0. The highest BCUT2D eigenvalue weighted by Gasteiger charge is 2.42. The summed E-state index contributed by atoms with van der Waals surface area (Å²) >= 11 is 5.49. The van der Waals surface area contributed by atoms with Crippen molar-refractivity contribution in [2.24, 2.45) is 0 Å². The summed E-state index contributed by atoms with van der Waals surface area (Å²) in [5, 5.41) is 4.91.